The average molecular weight is 476 g/mol. The number of para-hydroxylation sites is 2. The predicted octanol–water partition coefficient (Wildman–Crippen LogP) is 6.06. The van der Waals surface area contributed by atoms with Crippen LogP contribution in [0.25, 0.3) is 11.0 Å². The van der Waals surface area contributed by atoms with Gasteiger partial charge in [-0.15, -0.1) is 0 Å². The summed E-state index contributed by atoms with van der Waals surface area (Å²) in [5.74, 6) is 1.78. The summed E-state index contributed by atoms with van der Waals surface area (Å²) in [4.78, 5) is 17.4. The van der Waals surface area contributed by atoms with Crippen molar-refractivity contribution in [1.82, 2.24) is 14.9 Å². The van der Waals surface area contributed by atoms with Crippen LogP contribution in [0.5, 0.6) is 5.75 Å². The van der Waals surface area contributed by atoms with E-state index in [2.05, 4.69) is 16.0 Å². The molecule has 0 aliphatic carbocycles. The third kappa shape index (κ3) is 5.60. The van der Waals surface area contributed by atoms with Crippen molar-refractivity contribution in [2.45, 2.75) is 40.2 Å². The Balaban J connectivity index is 1.37. The molecule has 0 aliphatic heterocycles. The number of nitrogens with zero attached hydrogens (tertiary/aromatic N) is 2. The van der Waals surface area contributed by atoms with E-state index in [1.807, 2.05) is 75.4 Å². The van der Waals surface area contributed by atoms with Crippen molar-refractivity contribution in [3.63, 3.8) is 0 Å². The highest BCUT2D eigenvalue weighted by molar-refractivity contribution is 6.31. The van der Waals surface area contributed by atoms with Gasteiger partial charge < -0.3 is 14.6 Å². The van der Waals surface area contributed by atoms with Crippen LogP contribution in [0.1, 0.15) is 39.3 Å². The first-order chi connectivity index (χ1) is 16.4. The second-order valence-electron chi connectivity index (χ2n) is 8.61. The number of benzene rings is 3. The van der Waals surface area contributed by atoms with E-state index < -0.39 is 0 Å². The van der Waals surface area contributed by atoms with Crippen LogP contribution in [0, 0.1) is 20.8 Å². The van der Waals surface area contributed by atoms with Crippen molar-refractivity contribution < 1.29 is 9.53 Å². The fourth-order valence-corrected chi connectivity index (χ4v) is 4.26. The smallest absolute Gasteiger partial charge is 0.251 e. The third-order valence-electron chi connectivity index (χ3n) is 5.94. The third-order valence-corrected chi connectivity index (χ3v) is 6.36. The Labute approximate surface area is 205 Å². The van der Waals surface area contributed by atoms with Gasteiger partial charge in [-0.2, -0.15) is 0 Å². The number of carbonyl (C=O) groups is 1. The van der Waals surface area contributed by atoms with E-state index in [1.165, 1.54) is 0 Å². The van der Waals surface area contributed by atoms with Crippen LogP contribution in [0.3, 0.4) is 0 Å². The molecule has 0 saturated carbocycles. The molecule has 1 heterocycles. The molecule has 34 heavy (non-hydrogen) atoms. The number of fused-ring (bicyclic) bond motifs is 1. The molecule has 0 aliphatic rings. The molecule has 0 atom stereocenters. The van der Waals surface area contributed by atoms with Crippen LogP contribution in [0.15, 0.2) is 60.7 Å². The SMILES string of the molecule is Cc1ccc(C(=O)NCCCc2nc3ccccc3n2CCOc2ccc(Cl)c(C)c2)c(C)c1. The predicted molar refractivity (Wildman–Crippen MR) is 138 cm³/mol. The molecular weight excluding hydrogens is 446 g/mol. The Morgan fingerprint density at radius 3 is 2.65 bits per heavy atom. The van der Waals surface area contributed by atoms with Gasteiger partial charge in [-0.25, -0.2) is 4.98 Å². The lowest BCUT2D eigenvalue weighted by Gasteiger charge is -2.12. The van der Waals surface area contributed by atoms with E-state index in [9.17, 15) is 4.79 Å². The zero-order valence-electron chi connectivity index (χ0n) is 19.9. The molecule has 1 N–H and O–H groups in total. The maximum atomic E-state index is 12.6. The molecule has 3 aromatic carbocycles. The maximum Gasteiger partial charge on any atom is 0.251 e. The Kier molecular flexibility index (Phi) is 7.53. The number of nitrogens with one attached hydrogen (secondary N) is 1. The van der Waals surface area contributed by atoms with Gasteiger partial charge in [-0.1, -0.05) is 41.4 Å². The van der Waals surface area contributed by atoms with Gasteiger partial charge >= 0.3 is 0 Å². The number of hydrogen-bond donors (Lipinski definition) is 1. The number of hydrogen-bond acceptors (Lipinski definition) is 3. The normalized spacial score (nSPS) is 11.1. The first kappa shape index (κ1) is 23.8. The number of ether oxygens (including phenoxy) is 1. The fraction of sp³-hybridized carbons (Fsp3) is 0.286. The topological polar surface area (TPSA) is 56.2 Å². The quantitative estimate of drug-likeness (QED) is 0.299. The van der Waals surface area contributed by atoms with Crippen LogP contribution >= 0.6 is 11.6 Å². The molecule has 0 fully saturated rings. The summed E-state index contributed by atoms with van der Waals surface area (Å²) < 4.78 is 8.19. The highest BCUT2D eigenvalue weighted by atomic mass is 35.5. The minimum absolute atomic E-state index is 0.0299. The number of imidazole rings is 1. The van der Waals surface area contributed by atoms with Crippen LogP contribution in [-0.4, -0.2) is 28.6 Å². The second-order valence-corrected chi connectivity index (χ2v) is 9.01. The molecule has 5 nitrogen and oxygen atoms in total. The molecular formula is C28H30ClN3O2. The number of rotatable bonds is 9. The van der Waals surface area contributed by atoms with Gasteiger partial charge in [-0.05, 0) is 74.7 Å². The van der Waals surface area contributed by atoms with Gasteiger partial charge in [-0.3, -0.25) is 4.79 Å². The molecule has 4 aromatic rings. The summed E-state index contributed by atoms with van der Waals surface area (Å²) in [5, 5.41) is 3.78. The number of amides is 1. The first-order valence-corrected chi connectivity index (χ1v) is 12.0. The standard InChI is InChI=1S/C28H30ClN3O2/c1-19-10-12-23(20(2)17-19)28(33)30-14-6-9-27-31-25-7-4-5-8-26(25)32(27)15-16-34-22-11-13-24(29)21(3)18-22/h4-5,7-8,10-13,17-18H,6,9,14-16H2,1-3H3,(H,30,33). The lowest BCUT2D eigenvalue weighted by atomic mass is 10.1. The fourth-order valence-electron chi connectivity index (χ4n) is 4.14. The monoisotopic (exact) mass is 475 g/mol. The lowest BCUT2D eigenvalue weighted by molar-refractivity contribution is 0.0952. The molecule has 0 saturated heterocycles. The summed E-state index contributed by atoms with van der Waals surface area (Å²) in [6.07, 6.45) is 1.57. The van der Waals surface area contributed by atoms with Crippen LogP contribution < -0.4 is 10.1 Å². The summed E-state index contributed by atoms with van der Waals surface area (Å²) in [5.41, 5.74) is 5.94. The number of aryl methyl sites for hydroxylation is 4. The highest BCUT2D eigenvalue weighted by Crippen LogP contribution is 2.22. The summed E-state index contributed by atoms with van der Waals surface area (Å²) in [7, 11) is 0. The number of aromatic nitrogens is 2. The Hall–Kier alpha value is -3.31. The summed E-state index contributed by atoms with van der Waals surface area (Å²) in [6.45, 7) is 7.77. The summed E-state index contributed by atoms with van der Waals surface area (Å²) >= 11 is 6.12. The van der Waals surface area contributed by atoms with Gasteiger partial charge in [0.05, 0.1) is 17.6 Å². The van der Waals surface area contributed by atoms with E-state index in [4.69, 9.17) is 21.3 Å². The van der Waals surface area contributed by atoms with E-state index in [1.54, 1.807) is 0 Å². The van der Waals surface area contributed by atoms with Crippen LogP contribution in [-0.2, 0) is 13.0 Å². The van der Waals surface area contributed by atoms with Crippen molar-refractivity contribution in [3.05, 3.63) is 93.8 Å². The van der Waals surface area contributed by atoms with Gasteiger partial charge in [0.1, 0.15) is 18.2 Å². The van der Waals surface area contributed by atoms with Gasteiger partial charge in [0.25, 0.3) is 5.91 Å². The van der Waals surface area contributed by atoms with Gasteiger partial charge in [0, 0.05) is 23.6 Å². The lowest BCUT2D eigenvalue weighted by Crippen LogP contribution is -2.25. The zero-order chi connectivity index (χ0) is 24.1. The minimum atomic E-state index is -0.0299. The molecule has 4 rings (SSSR count). The van der Waals surface area contributed by atoms with E-state index in [0.717, 1.165) is 62.7 Å². The van der Waals surface area contributed by atoms with E-state index in [-0.39, 0.29) is 5.91 Å². The zero-order valence-corrected chi connectivity index (χ0v) is 20.7. The molecule has 0 unspecified atom stereocenters. The van der Waals surface area contributed by atoms with Crippen LogP contribution in [0.2, 0.25) is 5.02 Å². The Morgan fingerprint density at radius 2 is 1.85 bits per heavy atom. The molecule has 1 aromatic heterocycles. The minimum Gasteiger partial charge on any atom is -0.492 e. The molecule has 0 bridgehead atoms. The molecule has 0 spiro atoms. The first-order valence-electron chi connectivity index (χ1n) is 11.6. The van der Waals surface area contributed by atoms with Crippen molar-refractivity contribution in [2.75, 3.05) is 13.2 Å². The van der Waals surface area contributed by atoms with Crippen LogP contribution in [0.4, 0.5) is 0 Å². The highest BCUT2D eigenvalue weighted by Gasteiger charge is 2.12. The largest absolute Gasteiger partial charge is 0.492 e. The average Bonchev–Trinajstić information content (AvgIpc) is 3.16. The summed E-state index contributed by atoms with van der Waals surface area (Å²) in [6, 6.07) is 19.7. The molecule has 176 valence electrons. The van der Waals surface area contributed by atoms with E-state index in [0.29, 0.717) is 19.7 Å². The van der Waals surface area contributed by atoms with Crippen molar-refractivity contribution in [3.8, 4) is 5.75 Å². The van der Waals surface area contributed by atoms with Crippen molar-refractivity contribution in [1.29, 1.82) is 0 Å². The second kappa shape index (κ2) is 10.7. The van der Waals surface area contributed by atoms with E-state index >= 15 is 0 Å². The number of carbonyl (C=O) groups excluding carboxylic acids is 1. The maximum absolute atomic E-state index is 12.6. The molecule has 0 radical (unpaired) electrons. The van der Waals surface area contributed by atoms with Crippen molar-refractivity contribution >= 4 is 28.5 Å². The Morgan fingerprint density at radius 1 is 1.03 bits per heavy atom. The van der Waals surface area contributed by atoms with Crippen molar-refractivity contribution in [2.24, 2.45) is 0 Å². The number of halogens is 1. The molecule has 6 heteroatoms. The van der Waals surface area contributed by atoms with Gasteiger partial charge in [0.2, 0.25) is 0 Å². The molecule has 1 amide bonds. The Bertz CT molecular complexity index is 1310. The van der Waals surface area contributed by atoms with Gasteiger partial charge in [0.15, 0.2) is 0 Å².